The molecule has 2 aromatic heterocycles. The van der Waals surface area contributed by atoms with Crippen molar-refractivity contribution in [1.29, 1.82) is 5.26 Å². The molecule has 0 unspecified atom stereocenters. The van der Waals surface area contributed by atoms with Crippen LogP contribution in [0.25, 0.3) is 21.9 Å². The standard InChI is InChI=1S/C20H19N5O/c1-3-8-24-20(26)19-18(22)15-7-6-13(10-21)17(16(15)11-25-19)14-5-4-9-23-12(14)2/h4-7,9,11H,3,8,22H2,1-2H3,(H,24,26)/i2D3. The summed E-state index contributed by atoms with van der Waals surface area (Å²) < 4.78 is 23.4. The Morgan fingerprint density at radius 1 is 1.35 bits per heavy atom. The Labute approximate surface area is 155 Å². The minimum absolute atomic E-state index is 0.0869. The van der Waals surface area contributed by atoms with Crippen molar-refractivity contribution in [2.45, 2.75) is 20.2 Å². The number of anilines is 1. The van der Waals surface area contributed by atoms with Crippen LogP contribution < -0.4 is 11.1 Å². The number of hydrogen-bond acceptors (Lipinski definition) is 5. The number of nitrogen functional groups attached to an aromatic ring is 1. The summed E-state index contributed by atoms with van der Waals surface area (Å²) in [7, 11) is 0. The number of benzene rings is 1. The molecule has 0 bridgehead atoms. The molecule has 1 amide bonds. The fourth-order valence-electron chi connectivity index (χ4n) is 2.81. The van der Waals surface area contributed by atoms with E-state index in [2.05, 4.69) is 21.4 Å². The third-order valence-corrected chi connectivity index (χ3v) is 4.06. The van der Waals surface area contributed by atoms with Gasteiger partial charge in [0.05, 0.1) is 17.3 Å². The van der Waals surface area contributed by atoms with Gasteiger partial charge in [0, 0.05) is 50.6 Å². The lowest BCUT2D eigenvalue weighted by atomic mass is 9.93. The van der Waals surface area contributed by atoms with Crippen LogP contribution in [0.15, 0.2) is 36.7 Å². The SMILES string of the molecule is [2H]C([2H])([2H])c1ncccc1-c1c(C#N)ccc2c(N)c(C(=O)NCCC)ncc12. The molecule has 1 aromatic carbocycles. The molecule has 0 atom stereocenters. The fourth-order valence-corrected chi connectivity index (χ4v) is 2.81. The van der Waals surface area contributed by atoms with Crippen molar-refractivity contribution in [1.82, 2.24) is 15.3 Å². The van der Waals surface area contributed by atoms with Crippen LogP contribution >= 0.6 is 0 Å². The first-order valence-corrected chi connectivity index (χ1v) is 8.15. The van der Waals surface area contributed by atoms with E-state index in [1.165, 1.54) is 12.4 Å². The molecule has 3 N–H and O–H groups in total. The highest BCUT2D eigenvalue weighted by atomic mass is 16.1. The van der Waals surface area contributed by atoms with Gasteiger partial charge in [-0.15, -0.1) is 0 Å². The Bertz CT molecular complexity index is 1140. The minimum Gasteiger partial charge on any atom is -0.396 e. The van der Waals surface area contributed by atoms with E-state index in [0.717, 1.165) is 6.42 Å². The van der Waals surface area contributed by atoms with Crippen molar-refractivity contribution >= 4 is 22.4 Å². The van der Waals surface area contributed by atoms with Crippen LogP contribution in [0, 0.1) is 18.2 Å². The van der Waals surface area contributed by atoms with Crippen LogP contribution in [0.2, 0.25) is 0 Å². The number of aromatic nitrogens is 2. The van der Waals surface area contributed by atoms with E-state index in [4.69, 9.17) is 9.85 Å². The molecular formula is C20H19N5O. The number of pyridine rings is 2. The molecule has 0 aliphatic rings. The Balaban J connectivity index is 2.31. The maximum atomic E-state index is 12.3. The van der Waals surface area contributed by atoms with E-state index < -0.39 is 6.85 Å². The van der Waals surface area contributed by atoms with Crippen molar-refractivity contribution in [2.24, 2.45) is 0 Å². The van der Waals surface area contributed by atoms with Crippen LogP contribution in [0.4, 0.5) is 5.69 Å². The number of fused-ring (bicyclic) bond motifs is 1. The second kappa shape index (κ2) is 7.19. The summed E-state index contributed by atoms with van der Waals surface area (Å²) in [6.45, 7) is -0.0394. The predicted octanol–water partition coefficient (Wildman–Crippen LogP) is 3.20. The number of nitrogens with zero attached hydrogens (tertiary/aromatic N) is 3. The zero-order valence-electron chi connectivity index (χ0n) is 17.2. The van der Waals surface area contributed by atoms with E-state index in [0.29, 0.717) is 28.4 Å². The maximum absolute atomic E-state index is 12.3. The topological polar surface area (TPSA) is 105 Å². The molecular weight excluding hydrogens is 326 g/mol. The van der Waals surface area contributed by atoms with Gasteiger partial charge >= 0.3 is 0 Å². The van der Waals surface area contributed by atoms with E-state index >= 15 is 0 Å². The predicted molar refractivity (Wildman–Crippen MR) is 101 cm³/mol. The summed E-state index contributed by atoms with van der Waals surface area (Å²) >= 11 is 0. The number of hydrogen-bond donors (Lipinski definition) is 2. The van der Waals surface area contributed by atoms with Crippen LogP contribution in [-0.2, 0) is 0 Å². The Morgan fingerprint density at radius 2 is 2.19 bits per heavy atom. The van der Waals surface area contributed by atoms with Crippen LogP contribution in [-0.4, -0.2) is 22.4 Å². The van der Waals surface area contributed by atoms with Crippen molar-refractivity contribution in [2.75, 3.05) is 12.3 Å². The first kappa shape index (κ1) is 13.8. The van der Waals surface area contributed by atoms with Gasteiger partial charge in [-0.1, -0.05) is 19.1 Å². The van der Waals surface area contributed by atoms with Gasteiger partial charge < -0.3 is 11.1 Å². The monoisotopic (exact) mass is 348 g/mol. The molecule has 26 heavy (non-hydrogen) atoms. The Hall–Kier alpha value is -3.46. The van der Waals surface area contributed by atoms with Gasteiger partial charge in [0.15, 0.2) is 5.69 Å². The number of carbonyl (C=O) groups excluding carboxylic acids is 1. The van der Waals surface area contributed by atoms with E-state index in [-0.39, 0.29) is 28.5 Å². The van der Waals surface area contributed by atoms with E-state index in [1.54, 1.807) is 24.3 Å². The lowest BCUT2D eigenvalue weighted by molar-refractivity contribution is 0.0950. The van der Waals surface area contributed by atoms with Crippen molar-refractivity contribution in [3.05, 3.63) is 53.6 Å². The molecule has 0 saturated heterocycles. The second-order valence-electron chi connectivity index (χ2n) is 5.74. The molecule has 0 fully saturated rings. The summed E-state index contributed by atoms with van der Waals surface area (Å²) in [5, 5.41) is 13.3. The average Bonchev–Trinajstić information content (AvgIpc) is 2.70. The van der Waals surface area contributed by atoms with Gasteiger partial charge in [-0.2, -0.15) is 5.26 Å². The van der Waals surface area contributed by atoms with Crippen LogP contribution in [0.1, 0.15) is 39.2 Å². The maximum Gasteiger partial charge on any atom is 0.272 e. The smallest absolute Gasteiger partial charge is 0.272 e. The first-order valence-electron chi connectivity index (χ1n) is 9.65. The first-order chi connectivity index (χ1) is 13.8. The Kier molecular flexibility index (Phi) is 3.82. The lowest BCUT2D eigenvalue weighted by Gasteiger charge is -2.14. The summed E-state index contributed by atoms with van der Waals surface area (Å²) in [6, 6.07) is 8.48. The van der Waals surface area contributed by atoms with Crippen LogP contribution in [0.5, 0.6) is 0 Å². The molecule has 0 aliphatic carbocycles. The van der Waals surface area contributed by atoms with Gasteiger partial charge in [-0.05, 0) is 25.4 Å². The molecule has 3 aromatic rings. The second-order valence-corrected chi connectivity index (χ2v) is 5.74. The summed E-state index contributed by atoms with van der Waals surface area (Å²) in [4.78, 5) is 20.6. The summed E-state index contributed by atoms with van der Waals surface area (Å²) in [5.41, 5.74) is 7.30. The molecule has 3 rings (SSSR count). The summed E-state index contributed by atoms with van der Waals surface area (Å²) in [6.07, 6.45) is 3.61. The number of nitrogens with two attached hydrogens (primary N) is 1. The molecule has 2 heterocycles. The van der Waals surface area contributed by atoms with Gasteiger partial charge in [0.1, 0.15) is 0 Å². The lowest BCUT2D eigenvalue weighted by Crippen LogP contribution is -2.26. The zero-order valence-corrected chi connectivity index (χ0v) is 14.2. The number of nitriles is 1. The third-order valence-electron chi connectivity index (χ3n) is 4.06. The molecule has 130 valence electrons. The molecule has 0 spiro atoms. The molecule has 0 aliphatic heterocycles. The minimum atomic E-state index is -2.47. The highest BCUT2D eigenvalue weighted by molar-refractivity contribution is 6.10. The van der Waals surface area contributed by atoms with Crippen molar-refractivity contribution in [3.63, 3.8) is 0 Å². The average molecular weight is 348 g/mol. The number of amides is 1. The van der Waals surface area contributed by atoms with Gasteiger partial charge in [-0.3, -0.25) is 9.78 Å². The number of aryl methyl sites for hydroxylation is 1. The fraction of sp³-hybridized carbons (Fsp3) is 0.200. The van der Waals surface area contributed by atoms with Gasteiger partial charge in [0.25, 0.3) is 5.91 Å². The molecule has 0 radical (unpaired) electrons. The van der Waals surface area contributed by atoms with E-state index in [9.17, 15) is 10.1 Å². The van der Waals surface area contributed by atoms with Gasteiger partial charge in [0.2, 0.25) is 0 Å². The molecule has 0 saturated carbocycles. The number of rotatable bonds is 4. The molecule has 6 nitrogen and oxygen atoms in total. The van der Waals surface area contributed by atoms with E-state index in [1.807, 2.05) is 6.92 Å². The highest BCUT2D eigenvalue weighted by Gasteiger charge is 2.18. The van der Waals surface area contributed by atoms with Crippen LogP contribution in [0.3, 0.4) is 0 Å². The zero-order chi connectivity index (χ0) is 21.2. The third kappa shape index (κ3) is 2.95. The highest BCUT2D eigenvalue weighted by Crippen LogP contribution is 2.35. The quantitative estimate of drug-likeness (QED) is 0.753. The summed E-state index contributed by atoms with van der Waals surface area (Å²) in [5.74, 6) is -0.387. The largest absolute Gasteiger partial charge is 0.396 e. The molecule has 6 heteroatoms. The number of carbonyl (C=O) groups is 1. The normalized spacial score (nSPS) is 12.7. The van der Waals surface area contributed by atoms with Crippen molar-refractivity contribution < 1.29 is 8.91 Å². The van der Waals surface area contributed by atoms with Gasteiger partial charge in [-0.25, -0.2) is 4.98 Å². The van der Waals surface area contributed by atoms with Crippen molar-refractivity contribution in [3.8, 4) is 17.2 Å². The number of nitrogens with one attached hydrogen (secondary N) is 1. The Morgan fingerprint density at radius 3 is 2.92 bits per heavy atom.